The molecule has 0 aliphatic heterocycles. The maximum absolute atomic E-state index is 14.0. The molecule has 1 aliphatic rings. The number of thiophene rings is 1. The number of benzene rings is 1. The third-order valence-corrected chi connectivity index (χ3v) is 7.86. The van der Waals surface area contributed by atoms with Gasteiger partial charge in [0.2, 0.25) is 4.96 Å². The number of aromatic nitrogens is 2. The molecule has 31 heavy (non-hydrogen) atoms. The molecule has 6 rings (SSSR count). The molecule has 5 nitrogen and oxygen atoms in total. The summed E-state index contributed by atoms with van der Waals surface area (Å²) in [6, 6.07) is 9.74. The summed E-state index contributed by atoms with van der Waals surface area (Å²) in [4.78, 5) is 32.4. The van der Waals surface area contributed by atoms with Gasteiger partial charge in [0.1, 0.15) is 26.7 Å². The molecule has 0 amide bonds. The fraction of sp³-hybridized carbons (Fsp3) is 0.174. The van der Waals surface area contributed by atoms with E-state index < -0.39 is 0 Å². The highest BCUT2D eigenvalue weighted by molar-refractivity contribution is 7.19. The molecule has 4 heterocycles. The lowest BCUT2D eigenvalue weighted by molar-refractivity contribution is 0.560. The van der Waals surface area contributed by atoms with Crippen LogP contribution in [0.5, 0.6) is 0 Å². The molecule has 0 bridgehead atoms. The molecular weight excluding hydrogens is 435 g/mol. The maximum atomic E-state index is 14.0. The first-order chi connectivity index (χ1) is 15.1. The van der Waals surface area contributed by atoms with Crippen molar-refractivity contribution in [3.63, 3.8) is 0 Å². The number of furan rings is 1. The van der Waals surface area contributed by atoms with Crippen molar-refractivity contribution in [1.29, 1.82) is 0 Å². The van der Waals surface area contributed by atoms with Gasteiger partial charge in [-0.2, -0.15) is 4.98 Å². The number of nitrogens with zero attached hydrogens (tertiary/aromatic N) is 2. The predicted molar refractivity (Wildman–Crippen MR) is 121 cm³/mol. The fourth-order valence-electron chi connectivity index (χ4n) is 4.17. The summed E-state index contributed by atoms with van der Waals surface area (Å²) < 4.78 is 21.8. The van der Waals surface area contributed by atoms with E-state index in [0.717, 1.165) is 42.6 Å². The number of halogens is 1. The minimum Gasteiger partial charge on any atom is -0.457 e. The van der Waals surface area contributed by atoms with Gasteiger partial charge in [-0.1, -0.05) is 23.5 Å². The average Bonchev–Trinajstić information content (AvgIpc) is 3.45. The Morgan fingerprint density at radius 3 is 2.77 bits per heavy atom. The summed E-state index contributed by atoms with van der Waals surface area (Å²) in [6.07, 6.45) is 5.58. The fourth-order valence-corrected chi connectivity index (χ4v) is 6.55. The Labute approximate surface area is 182 Å². The Kier molecular flexibility index (Phi) is 4.19. The summed E-state index contributed by atoms with van der Waals surface area (Å²) in [5.74, 6) is 0.451. The van der Waals surface area contributed by atoms with Gasteiger partial charge in [0.05, 0.1) is 10.9 Å². The lowest BCUT2D eigenvalue weighted by Crippen LogP contribution is -2.24. The van der Waals surface area contributed by atoms with Crippen LogP contribution in [0.15, 0.2) is 50.4 Å². The van der Waals surface area contributed by atoms with Gasteiger partial charge in [-0.05, 0) is 55.5 Å². The minimum absolute atomic E-state index is 0.222. The molecule has 8 heteroatoms. The smallest absolute Gasteiger partial charge is 0.282 e. The molecule has 0 radical (unpaired) electrons. The molecule has 0 saturated carbocycles. The molecule has 5 aromatic rings. The first kappa shape index (κ1) is 18.7. The molecule has 154 valence electrons. The van der Waals surface area contributed by atoms with Gasteiger partial charge in [-0.15, -0.1) is 11.3 Å². The molecule has 0 spiro atoms. The number of hydrogen-bond acceptors (Lipinski definition) is 6. The minimum atomic E-state index is -0.374. The zero-order valence-corrected chi connectivity index (χ0v) is 17.8. The summed E-state index contributed by atoms with van der Waals surface area (Å²) in [5, 5.41) is 0.596. The molecule has 0 saturated heterocycles. The third-order valence-electron chi connectivity index (χ3n) is 5.61. The SMILES string of the molecule is O=c1nc2s/c(=C/c3ccc(-c4ccccc4F)o3)c(=O)n2c2sc3c(c12)CCCC3. The number of rotatable bonds is 2. The highest BCUT2D eigenvalue weighted by Crippen LogP contribution is 2.34. The van der Waals surface area contributed by atoms with Crippen molar-refractivity contribution >= 4 is 43.9 Å². The van der Waals surface area contributed by atoms with E-state index >= 15 is 0 Å². The van der Waals surface area contributed by atoms with Crippen LogP contribution >= 0.6 is 22.7 Å². The summed E-state index contributed by atoms with van der Waals surface area (Å²) >= 11 is 2.69. The highest BCUT2D eigenvalue weighted by atomic mass is 32.1. The van der Waals surface area contributed by atoms with Gasteiger partial charge in [0.15, 0.2) is 0 Å². The normalized spacial score (nSPS) is 14.5. The van der Waals surface area contributed by atoms with Crippen LogP contribution in [0, 0.1) is 5.82 Å². The molecule has 0 atom stereocenters. The average molecular weight is 451 g/mol. The molecular formula is C23H15FN2O3S2. The molecule has 0 N–H and O–H groups in total. The van der Waals surface area contributed by atoms with Crippen molar-refractivity contribution in [2.75, 3.05) is 0 Å². The quantitative estimate of drug-likeness (QED) is 0.405. The lowest BCUT2D eigenvalue weighted by Gasteiger charge is -2.09. The van der Waals surface area contributed by atoms with Crippen molar-refractivity contribution in [3.05, 3.63) is 83.7 Å². The highest BCUT2D eigenvalue weighted by Gasteiger charge is 2.22. The largest absolute Gasteiger partial charge is 0.457 e. The van der Waals surface area contributed by atoms with Crippen LogP contribution in [0.1, 0.15) is 29.0 Å². The van der Waals surface area contributed by atoms with E-state index in [1.807, 2.05) is 0 Å². The van der Waals surface area contributed by atoms with Crippen LogP contribution in [0.3, 0.4) is 0 Å². The van der Waals surface area contributed by atoms with E-state index in [9.17, 15) is 14.0 Å². The van der Waals surface area contributed by atoms with Crippen molar-refractivity contribution < 1.29 is 8.81 Å². The second-order valence-electron chi connectivity index (χ2n) is 7.52. The Hall–Kier alpha value is -3.10. The zero-order chi connectivity index (χ0) is 21.1. The molecule has 0 unspecified atom stereocenters. The lowest BCUT2D eigenvalue weighted by atomic mass is 9.97. The van der Waals surface area contributed by atoms with Gasteiger partial charge in [0.25, 0.3) is 11.1 Å². The van der Waals surface area contributed by atoms with Crippen LogP contribution < -0.4 is 15.7 Å². The topological polar surface area (TPSA) is 64.6 Å². The Morgan fingerprint density at radius 1 is 1.06 bits per heavy atom. The van der Waals surface area contributed by atoms with Gasteiger partial charge in [-0.3, -0.25) is 9.59 Å². The number of hydrogen-bond donors (Lipinski definition) is 0. The number of aryl methyl sites for hydroxylation is 2. The summed E-state index contributed by atoms with van der Waals surface area (Å²) in [5.41, 5.74) is 0.940. The van der Waals surface area contributed by atoms with Crippen LogP contribution in [0.4, 0.5) is 4.39 Å². The van der Waals surface area contributed by atoms with Crippen molar-refractivity contribution in [2.24, 2.45) is 0 Å². The molecule has 1 aliphatic carbocycles. The second kappa shape index (κ2) is 6.96. The van der Waals surface area contributed by atoms with E-state index in [1.165, 1.54) is 22.3 Å². The van der Waals surface area contributed by atoms with Gasteiger partial charge < -0.3 is 4.42 Å². The molecule has 1 aromatic carbocycles. The van der Waals surface area contributed by atoms with E-state index in [0.29, 0.717) is 36.8 Å². The van der Waals surface area contributed by atoms with E-state index in [-0.39, 0.29) is 16.9 Å². The Balaban J connectivity index is 1.54. The van der Waals surface area contributed by atoms with Crippen molar-refractivity contribution in [3.8, 4) is 11.3 Å². The van der Waals surface area contributed by atoms with Gasteiger partial charge >= 0.3 is 0 Å². The third kappa shape index (κ3) is 2.90. The second-order valence-corrected chi connectivity index (χ2v) is 9.62. The van der Waals surface area contributed by atoms with Crippen molar-refractivity contribution in [2.45, 2.75) is 25.7 Å². The van der Waals surface area contributed by atoms with E-state index in [1.54, 1.807) is 40.8 Å². The first-order valence-corrected chi connectivity index (χ1v) is 11.6. The van der Waals surface area contributed by atoms with Crippen LogP contribution in [0.25, 0.3) is 32.6 Å². The number of fused-ring (bicyclic) bond motifs is 5. The zero-order valence-electron chi connectivity index (χ0n) is 16.2. The van der Waals surface area contributed by atoms with Crippen LogP contribution in [0.2, 0.25) is 0 Å². The predicted octanol–water partition coefficient (Wildman–Crippen LogP) is 4.16. The van der Waals surface area contributed by atoms with Gasteiger partial charge in [-0.25, -0.2) is 8.79 Å². The monoisotopic (exact) mass is 450 g/mol. The summed E-state index contributed by atoms with van der Waals surface area (Å²) in [7, 11) is 0. The van der Waals surface area contributed by atoms with E-state index in [4.69, 9.17) is 4.42 Å². The Bertz CT molecular complexity index is 1660. The standard InChI is InChI=1S/C23H15FN2O3S2/c24-15-7-3-1-5-13(15)16-10-9-12(29-16)11-18-21(28)26-22-19(20(27)25-23(26)31-18)14-6-2-4-8-17(14)30-22/h1,3,5,7,9-11H,2,4,6,8H2/b18-11+. The van der Waals surface area contributed by atoms with E-state index in [2.05, 4.69) is 4.98 Å². The summed E-state index contributed by atoms with van der Waals surface area (Å²) in [6.45, 7) is 0. The molecule has 0 fully saturated rings. The Morgan fingerprint density at radius 2 is 1.90 bits per heavy atom. The molecule has 4 aromatic heterocycles. The first-order valence-electron chi connectivity index (χ1n) is 9.96. The van der Waals surface area contributed by atoms with Gasteiger partial charge in [0, 0.05) is 11.0 Å². The van der Waals surface area contributed by atoms with Crippen molar-refractivity contribution in [1.82, 2.24) is 9.38 Å². The van der Waals surface area contributed by atoms with Crippen LogP contribution in [-0.2, 0) is 12.8 Å². The maximum Gasteiger partial charge on any atom is 0.282 e. The number of thiazole rings is 1. The van der Waals surface area contributed by atoms with Crippen LogP contribution in [-0.4, -0.2) is 9.38 Å².